The van der Waals surface area contributed by atoms with Crippen LogP contribution in [0.25, 0.3) is 0 Å². The monoisotopic (exact) mass is 217 g/mol. The Morgan fingerprint density at radius 2 is 1.73 bits per heavy atom. The number of carboxylic acid groups (broad SMARTS) is 1. The zero-order valence-electron chi connectivity index (χ0n) is 10.5. The Kier molecular flexibility index (Phi) is 4.74. The van der Waals surface area contributed by atoms with Gasteiger partial charge in [0.1, 0.15) is 6.04 Å². The third-order valence-electron chi connectivity index (χ3n) is 1.59. The molecule has 0 spiro atoms. The van der Waals surface area contributed by atoms with Crippen LogP contribution in [0.2, 0.25) is 0 Å². The van der Waals surface area contributed by atoms with Gasteiger partial charge in [-0.1, -0.05) is 0 Å². The van der Waals surface area contributed by atoms with Crippen LogP contribution in [0.1, 0.15) is 41.5 Å². The van der Waals surface area contributed by atoms with Crippen molar-refractivity contribution in [3.05, 3.63) is 0 Å². The Balaban J connectivity index is 4.25. The second-order valence-corrected chi connectivity index (χ2v) is 5.71. The number of nitrogens with one attached hydrogen (secondary N) is 1. The van der Waals surface area contributed by atoms with Gasteiger partial charge >= 0.3 is 5.97 Å². The minimum atomic E-state index is -0.880. The second kappa shape index (κ2) is 4.94. The molecule has 0 aliphatic carbocycles. The summed E-state index contributed by atoms with van der Waals surface area (Å²) in [5, 5.41) is 12.0. The molecule has 0 rings (SSSR count). The molecule has 90 valence electrons. The number of rotatable bonds is 4. The molecular weight excluding hydrogens is 194 g/mol. The molecule has 0 fully saturated rings. The van der Waals surface area contributed by atoms with Crippen LogP contribution in [0.4, 0.5) is 0 Å². The van der Waals surface area contributed by atoms with E-state index in [1.165, 1.54) is 0 Å². The van der Waals surface area contributed by atoms with Gasteiger partial charge in [-0.05, 0) is 41.5 Å². The molecule has 0 aliphatic rings. The first-order valence-electron chi connectivity index (χ1n) is 5.16. The summed E-state index contributed by atoms with van der Waals surface area (Å²) in [5.41, 5.74) is -0.544. The zero-order chi connectivity index (χ0) is 12.3. The van der Waals surface area contributed by atoms with E-state index in [4.69, 9.17) is 9.84 Å². The van der Waals surface area contributed by atoms with E-state index in [-0.39, 0.29) is 17.7 Å². The maximum absolute atomic E-state index is 11.0. The summed E-state index contributed by atoms with van der Waals surface area (Å²) in [7, 11) is 0. The van der Waals surface area contributed by atoms with E-state index >= 15 is 0 Å². The molecule has 1 atom stereocenters. The molecule has 0 aliphatic heterocycles. The van der Waals surface area contributed by atoms with E-state index in [1.54, 1.807) is 0 Å². The van der Waals surface area contributed by atoms with Crippen LogP contribution >= 0.6 is 0 Å². The smallest absolute Gasteiger partial charge is 0.323 e. The maximum Gasteiger partial charge on any atom is 0.323 e. The van der Waals surface area contributed by atoms with Crippen LogP contribution in [-0.2, 0) is 9.53 Å². The van der Waals surface area contributed by atoms with Gasteiger partial charge in [-0.2, -0.15) is 0 Å². The van der Waals surface area contributed by atoms with Crippen molar-refractivity contribution < 1.29 is 14.6 Å². The number of carboxylic acids is 1. The Hall–Kier alpha value is -0.610. The van der Waals surface area contributed by atoms with Gasteiger partial charge < -0.3 is 9.84 Å². The molecule has 0 aromatic rings. The normalized spacial score (nSPS) is 15.1. The van der Waals surface area contributed by atoms with E-state index in [0.29, 0.717) is 0 Å². The van der Waals surface area contributed by atoms with E-state index in [0.717, 1.165) is 0 Å². The summed E-state index contributed by atoms with van der Waals surface area (Å²) in [4.78, 5) is 11.0. The minimum Gasteiger partial charge on any atom is -0.480 e. The van der Waals surface area contributed by atoms with Gasteiger partial charge in [-0.3, -0.25) is 10.1 Å². The number of hydrogen-bond donors (Lipinski definition) is 2. The predicted molar refractivity (Wildman–Crippen MR) is 60.0 cm³/mol. The Morgan fingerprint density at radius 3 is 2.00 bits per heavy atom. The average molecular weight is 217 g/mol. The van der Waals surface area contributed by atoms with Crippen LogP contribution < -0.4 is 5.32 Å². The van der Waals surface area contributed by atoms with Crippen LogP contribution in [0, 0.1) is 0 Å². The van der Waals surface area contributed by atoms with Crippen molar-refractivity contribution in [3.8, 4) is 0 Å². The lowest BCUT2D eigenvalue weighted by atomic mass is 10.1. The number of carbonyl (C=O) groups is 1. The molecule has 0 saturated carbocycles. The second-order valence-electron chi connectivity index (χ2n) is 5.71. The molecule has 2 N–H and O–H groups in total. The largest absolute Gasteiger partial charge is 0.480 e. The summed E-state index contributed by atoms with van der Waals surface area (Å²) < 4.78 is 5.46. The Morgan fingerprint density at radius 1 is 1.27 bits per heavy atom. The van der Waals surface area contributed by atoms with Gasteiger partial charge in [0.2, 0.25) is 0 Å². The summed E-state index contributed by atoms with van der Waals surface area (Å²) >= 11 is 0. The number of aliphatic carboxylic acids is 1. The van der Waals surface area contributed by atoms with Crippen LogP contribution in [0.15, 0.2) is 0 Å². The van der Waals surface area contributed by atoms with Gasteiger partial charge in [-0.15, -0.1) is 0 Å². The first-order chi connectivity index (χ1) is 6.51. The highest BCUT2D eigenvalue weighted by molar-refractivity contribution is 5.73. The van der Waals surface area contributed by atoms with Crippen LogP contribution in [-0.4, -0.2) is 34.9 Å². The van der Waals surface area contributed by atoms with Gasteiger partial charge in [0.05, 0.1) is 12.2 Å². The highest BCUT2D eigenvalue weighted by Gasteiger charge is 2.25. The molecular formula is C11H23NO3. The number of hydrogen-bond acceptors (Lipinski definition) is 3. The molecule has 0 saturated heterocycles. The van der Waals surface area contributed by atoms with Crippen molar-refractivity contribution in [1.29, 1.82) is 0 Å². The first-order valence-corrected chi connectivity index (χ1v) is 5.16. The van der Waals surface area contributed by atoms with Crippen molar-refractivity contribution in [1.82, 2.24) is 5.32 Å². The number of ether oxygens (including phenoxy) is 1. The van der Waals surface area contributed by atoms with E-state index in [1.807, 2.05) is 41.5 Å². The molecule has 0 amide bonds. The average Bonchev–Trinajstić information content (AvgIpc) is 1.93. The lowest BCUT2D eigenvalue weighted by Crippen LogP contribution is -2.50. The summed E-state index contributed by atoms with van der Waals surface area (Å²) in [5.74, 6) is -0.880. The van der Waals surface area contributed by atoms with Crippen LogP contribution in [0.5, 0.6) is 0 Å². The summed E-state index contributed by atoms with van der Waals surface area (Å²) in [6.07, 6.45) is 0. The lowest BCUT2D eigenvalue weighted by Gasteiger charge is -2.28. The van der Waals surface area contributed by atoms with E-state index < -0.39 is 12.0 Å². The van der Waals surface area contributed by atoms with Crippen molar-refractivity contribution in [3.63, 3.8) is 0 Å². The summed E-state index contributed by atoms with van der Waals surface area (Å²) in [6.45, 7) is 11.7. The van der Waals surface area contributed by atoms with Crippen LogP contribution in [0.3, 0.4) is 0 Å². The third kappa shape index (κ3) is 8.39. The third-order valence-corrected chi connectivity index (χ3v) is 1.59. The van der Waals surface area contributed by atoms with E-state index in [2.05, 4.69) is 5.32 Å². The fourth-order valence-corrected chi connectivity index (χ4v) is 1.03. The highest BCUT2D eigenvalue weighted by atomic mass is 16.5. The molecule has 0 radical (unpaired) electrons. The van der Waals surface area contributed by atoms with E-state index in [9.17, 15) is 4.79 Å². The molecule has 1 unspecified atom stereocenters. The highest BCUT2D eigenvalue weighted by Crippen LogP contribution is 2.09. The Labute approximate surface area is 92.0 Å². The quantitative estimate of drug-likeness (QED) is 0.751. The standard InChI is InChI=1S/C11H23NO3/c1-10(2,3)12-8(9(13)14)7-15-11(4,5)6/h8,12H,7H2,1-6H3,(H,13,14). The fraction of sp³-hybridized carbons (Fsp3) is 0.909. The molecule has 15 heavy (non-hydrogen) atoms. The lowest BCUT2D eigenvalue weighted by molar-refractivity contribution is -0.143. The minimum absolute atomic E-state index is 0.177. The van der Waals surface area contributed by atoms with Gasteiger partial charge in [-0.25, -0.2) is 0 Å². The first kappa shape index (κ1) is 14.4. The molecule has 0 bridgehead atoms. The molecule has 4 heteroatoms. The van der Waals surface area contributed by atoms with Crippen molar-refractivity contribution in [2.75, 3.05) is 6.61 Å². The Bertz CT molecular complexity index is 213. The molecule has 4 nitrogen and oxygen atoms in total. The van der Waals surface area contributed by atoms with Gasteiger partial charge in [0, 0.05) is 5.54 Å². The fourth-order valence-electron chi connectivity index (χ4n) is 1.03. The summed E-state index contributed by atoms with van der Waals surface area (Å²) in [6, 6.07) is -0.663. The van der Waals surface area contributed by atoms with Crippen molar-refractivity contribution in [2.45, 2.75) is 58.7 Å². The SMILES string of the molecule is CC(C)(C)NC(COC(C)(C)C)C(=O)O. The predicted octanol–water partition coefficient (Wildman–Crippen LogP) is 1.64. The van der Waals surface area contributed by atoms with Gasteiger partial charge in [0.15, 0.2) is 0 Å². The van der Waals surface area contributed by atoms with Crippen molar-refractivity contribution >= 4 is 5.97 Å². The van der Waals surface area contributed by atoms with Crippen molar-refractivity contribution in [2.24, 2.45) is 0 Å². The van der Waals surface area contributed by atoms with Gasteiger partial charge in [0.25, 0.3) is 0 Å². The topological polar surface area (TPSA) is 58.6 Å². The zero-order valence-corrected chi connectivity index (χ0v) is 10.5. The molecule has 0 aromatic carbocycles. The molecule has 0 aromatic heterocycles. The molecule has 0 heterocycles. The maximum atomic E-state index is 11.0.